The molecule has 0 bridgehead atoms. The highest BCUT2D eigenvalue weighted by molar-refractivity contribution is 5.80. The molecule has 2 unspecified atom stereocenters. The minimum absolute atomic E-state index is 0.187. The van der Waals surface area contributed by atoms with Crippen LogP contribution in [0.25, 0.3) is 0 Å². The maximum absolute atomic E-state index is 14.9. The lowest BCUT2D eigenvalue weighted by Gasteiger charge is -2.29. The van der Waals surface area contributed by atoms with E-state index >= 15 is 0 Å². The smallest absolute Gasteiger partial charge is 0.344 e. The van der Waals surface area contributed by atoms with E-state index in [1.807, 2.05) is 6.07 Å². The molecule has 0 amide bonds. The Morgan fingerprint density at radius 1 is 1.58 bits per heavy atom. The van der Waals surface area contributed by atoms with Crippen LogP contribution < -0.4 is 5.73 Å². The first kappa shape index (κ1) is 13.8. The van der Waals surface area contributed by atoms with Crippen LogP contribution in [0.4, 0.5) is 10.1 Å². The number of benzene rings is 1. The maximum atomic E-state index is 14.9. The molecule has 0 heterocycles. The van der Waals surface area contributed by atoms with Gasteiger partial charge in [0.1, 0.15) is 0 Å². The van der Waals surface area contributed by atoms with E-state index in [-0.39, 0.29) is 12.5 Å². The molecule has 3 nitrogen and oxygen atoms in total. The van der Waals surface area contributed by atoms with Gasteiger partial charge in [0.25, 0.3) is 0 Å². The number of nitrogen functional groups attached to an aromatic ring is 1. The quantitative estimate of drug-likeness (QED) is 0.657. The molecular formula is C15H20FNO2. The first-order chi connectivity index (χ1) is 8.96. The number of hydrogen-bond acceptors (Lipinski definition) is 3. The van der Waals surface area contributed by atoms with Crippen molar-refractivity contribution in [3.8, 4) is 0 Å². The van der Waals surface area contributed by atoms with E-state index in [2.05, 4.69) is 0 Å². The first-order valence-electron chi connectivity index (χ1n) is 6.68. The molecule has 1 aromatic carbocycles. The number of halogens is 1. The average Bonchev–Trinajstić information content (AvgIpc) is 3.13. The third kappa shape index (κ3) is 2.88. The maximum Gasteiger partial charge on any atom is 0.344 e. The molecule has 2 rings (SSSR count). The first-order valence-corrected chi connectivity index (χ1v) is 6.68. The van der Waals surface area contributed by atoms with Gasteiger partial charge in [-0.3, -0.25) is 0 Å². The molecule has 4 heteroatoms. The summed E-state index contributed by atoms with van der Waals surface area (Å²) in [6.45, 7) is 3.18. The minimum atomic E-state index is -2.01. The molecule has 1 fully saturated rings. The Morgan fingerprint density at radius 3 is 2.79 bits per heavy atom. The van der Waals surface area contributed by atoms with Crippen molar-refractivity contribution in [3.05, 3.63) is 29.8 Å². The van der Waals surface area contributed by atoms with Crippen molar-refractivity contribution in [2.75, 3.05) is 12.3 Å². The second-order valence-electron chi connectivity index (χ2n) is 5.28. The summed E-state index contributed by atoms with van der Waals surface area (Å²) < 4.78 is 19.8. The molecule has 19 heavy (non-hydrogen) atoms. The summed E-state index contributed by atoms with van der Waals surface area (Å²) in [4.78, 5) is 11.9. The van der Waals surface area contributed by atoms with Crippen molar-refractivity contribution in [3.63, 3.8) is 0 Å². The van der Waals surface area contributed by atoms with Gasteiger partial charge in [-0.25, -0.2) is 9.18 Å². The fraction of sp³-hybridized carbons (Fsp3) is 0.533. The van der Waals surface area contributed by atoms with Crippen molar-refractivity contribution < 1.29 is 13.9 Å². The van der Waals surface area contributed by atoms with Gasteiger partial charge in [0, 0.05) is 11.6 Å². The van der Waals surface area contributed by atoms with Crippen molar-refractivity contribution in [2.45, 2.75) is 38.3 Å². The van der Waals surface area contributed by atoms with Crippen molar-refractivity contribution in [1.82, 2.24) is 0 Å². The van der Waals surface area contributed by atoms with Crippen LogP contribution in [0.5, 0.6) is 0 Å². The number of esters is 1. The number of ether oxygens (including phenoxy) is 1. The van der Waals surface area contributed by atoms with E-state index in [0.29, 0.717) is 5.69 Å². The molecule has 2 atom stereocenters. The van der Waals surface area contributed by atoms with E-state index in [1.54, 1.807) is 25.1 Å². The largest absolute Gasteiger partial charge is 0.464 e. The zero-order valence-electron chi connectivity index (χ0n) is 11.4. The molecule has 1 aliphatic rings. The second-order valence-corrected chi connectivity index (χ2v) is 5.28. The predicted molar refractivity (Wildman–Crippen MR) is 72.5 cm³/mol. The fourth-order valence-corrected chi connectivity index (χ4v) is 2.61. The van der Waals surface area contributed by atoms with Crippen molar-refractivity contribution >= 4 is 11.7 Å². The van der Waals surface area contributed by atoms with Gasteiger partial charge in [0.15, 0.2) is 0 Å². The summed E-state index contributed by atoms with van der Waals surface area (Å²) in [5, 5.41) is 0. The molecule has 0 radical (unpaired) electrons. The van der Waals surface area contributed by atoms with E-state index in [9.17, 15) is 9.18 Å². The average molecular weight is 265 g/mol. The molecule has 104 valence electrons. The van der Waals surface area contributed by atoms with Crippen LogP contribution >= 0.6 is 0 Å². The highest BCUT2D eigenvalue weighted by Gasteiger charge is 2.50. The summed E-state index contributed by atoms with van der Waals surface area (Å²) in [6, 6.07) is 7.13. The van der Waals surface area contributed by atoms with Gasteiger partial charge in [0.2, 0.25) is 5.67 Å². The van der Waals surface area contributed by atoms with Gasteiger partial charge in [-0.2, -0.15) is 0 Å². The molecule has 0 aliphatic heterocycles. The van der Waals surface area contributed by atoms with Gasteiger partial charge in [0.05, 0.1) is 6.61 Å². The Labute approximate surface area is 112 Å². The summed E-state index contributed by atoms with van der Waals surface area (Å²) in [7, 11) is 0. The van der Waals surface area contributed by atoms with Gasteiger partial charge >= 0.3 is 5.97 Å². The van der Waals surface area contributed by atoms with E-state index < -0.39 is 17.6 Å². The Morgan fingerprint density at radius 2 is 2.26 bits per heavy atom. The van der Waals surface area contributed by atoms with Crippen molar-refractivity contribution in [2.24, 2.45) is 5.92 Å². The number of alkyl halides is 1. The van der Waals surface area contributed by atoms with Crippen LogP contribution in [0.2, 0.25) is 0 Å². The van der Waals surface area contributed by atoms with Crippen LogP contribution in [-0.2, 0) is 9.53 Å². The summed E-state index contributed by atoms with van der Waals surface area (Å²) in [5.74, 6) is -1.06. The van der Waals surface area contributed by atoms with Crippen LogP contribution in [-0.4, -0.2) is 18.2 Å². The summed E-state index contributed by atoms with van der Waals surface area (Å²) >= 11 is 0. The fourth-order valence-electron chi connectivity index (χ4n) is 2.61. The molecule has 0 aromatic heterocycles. The van der Waals surface area contributed by atoms with Gasteiger partial charge in [-0.1, -0.05) is 12.1 Å². The Hall–Kier alpha value is -1.58. The molecular weight excluding hydrogens is 245 g/mol. The number of hydrogen-bond donors (Lipinski definition) is 1. The normalized spacial score (nSPS) is 19.5. The van der Waals surface area contributed by atoms with E-state index in [1.165, 1.54) is 6.92 Å². The highest BCUT2D eigenvalue weighted by Crippen LogP contribution is 2.50. The SMILES string of the molecule is CCOC(=O)C(C)(F)C(c1cccc(N)c1)C1CC1. The molecule has 1 aromatic rings. The Balaban J connectivity index is 2.32. The number of carbonyl (C=O) groups is 1. The summed E-state index contributed by atoms with van der Waals surface area (Å²) in [5.41, 5.74) is 5.11. The molecule has 0 saturated heterocycles. The Bertz CT molecular complexity index is 469. The number of nitrogens with two attached hydrogens (primary N) is 1. The standard InChI is InChI=1S/C15H20FNO2/c1-3-19-14(18)15(2,16)13(10-7-8-10)11-5-4-6-12(17)9-11/h4-6,9-10,13H,3,7-8,17H2,1-2H3. The number of carbonyl (C=O) groups excluding carboxylic acids is 1. The predicted octanol–water partition coefficient (Wildman–Crippen LogP) is 3.05. The van der Waals surface area contributed by atoms with Crippen molar-refractivity contribution in [1.29, 1.82) is 0 Å². The zero-order chi connectivity index (χ0) is 14.0. The lowest BCUT2D eigenvalue weighted by molar-refractivity contribution is -0.158. The van der Waals surface area contributed by atoms with Crippen LogP contribution in [0.3, 0.4) is 0 Å². The second kappa shape index (κ2) is 5.19. The Kier molecular flexibility index (Phi) is 3.78. The van der Waals surface area contributed by atoms with Gasteiger partial charge < -0.3 is 10.5 Å². The molecule has 1 aliphatic carbocycles. The topological polar surface area (TPSA) is 52.3 Å². The van der Waals surface area contributed by atoms with Gasteiger partial charge in [-0.15, -0.1) is 0 Å². The zero-order valence-corrected chi connectivity index (χ0v) is 11.4. The van der Waals surface area contributed by atoms with Gasteiger partial charge in [-0.05, 0) is 50.3 Å². The lowest BCUT2D eigenvalue weighted by atomic mass is 9.81. The highest BCUT2D eigenvalue weighted by atomic mass is 19.1. The van der Waals surface area contributed by atoms with E-state index in [0.717, 1.165) is 18.4 Å². The molecule has 2 N–H and O–H groups in total. The third-order valence-corrected chi connectivity index (χ3v) is 3.62. The summed E-state index contributed by atoms with van der Waals surface area (Å²) in [6.07, 6.45) is 1.89. The van der Waals surface area contributed by atoms with Crippen LogP contribution in [0.1, 0.15) is 38.2 Å². The van der Waals surface area contributed by atoms with Crippen LogP contribution in [0.15, 0.2) is 24.3 Å². The minimum Gasteiger partial charge on any atom is -0.464 e. The monoisotopic (exact) mass is 265 g/mol. The lowest BCUT2D eigenvalue weighted by Crippen LogP contribution is -2.39. The van der Waals surface area contributed by atoms with E-state index in [4.69, 9.17) is 10.5 Å². The number of rotatable bonds is 5. The molecule has 1 saturated carbocycles. The third-order valence-electron chi connectivity index (χ3n) is 3.62. The van der Waals surface area contributed by atoms with Crippen LogP contribution in [0, 0.1) is 5.92 Å². The molecule has 0 spiro atoms. The number of anilines is 1.